The number of hydrogen-bond donors (Lipinski definition) is 1. The monoisotopic (exact) mass is 286 g/mol. The Bertz CT molecular complexity index is 447. The molecule has 0 aromatic carbocycles. The van der Waals surface area contributed by atoms with Gasteiger partial charge in [-0.2, -0.15) is 0 Å². The zero-order chi connectivity index (χ0) is 13.6. The van der Waals surface area contributed by atoms with Crippen molar-refractivity contribution in [3.63, 3.8) is 0 Å². The highest BCUT2D eigenvalue weighted by Crippen LogP contribution is 2.40. The number of hydrogen-bond acceptors (Lipinski definition) is 5. The van der Waals surface area contributed by atoms with Crippen LogP contribution in [0.5, 0.6) is 0 Å². The van der Waals surface area contributed by atoms with Gasteiger partial charge in [0.2, 0.25) is 0 Å². The zero-order valence-electron chi connectivity index (χ0n) is 11.1. The fourth-order valence-corrected chi connectivity index (χ4v) is 4.43. The lowest BCUT2D eigenvalue weighted by atomic mass is 10.0. The Morgan fingerprint density at radius 3 is 2.39 bits per heavy atom. The maximum absolute atomic E-state index is 11.2. The van der Waals surface area contributed by atoms with Gasteiger partial charge in [-0.15, -0.1) is 23.5 Å². The fraction of sp³-hybridized carbons (Fsp3) is 0.750. The SMILES string of the molecule is CC(C)C1=N[C@@](C)(C2=N[C@](C)(C(=O)O)CS2)CS1. The van der Waals surface area contributed by atoms with E-state index in [0.717, 1.165) is 15.8 Å². The summed E-state index contributed by atoms with van der Waals surface area (Å²) in [5.74, 6) is 0.939. The second kappa shape index (κ2) is 4.56. The molecule has 0 aliphatic carbocycles. The van der Waals surface area contributed by atoms with Crippen LogP contribution in [0, 0.1) is 5.92 Å². The molecule has 18 heavy (non-hydrogen) atoms. The molecule has 0 amide bonds. The molecule has 100 valence electrons. The molecule has 0 bridgehead atoms. The Balaban J connectivity index is 2.27. The van der Waals surface area contributed by atoms with E-state index in [1.807, 2.05) is 0 Å². The quantitative estimate of drug-likeness (QED) is 0.866. The summed E-state index contributed by atoms with van der Waals surface area (Å²) < 4.78 is 0. The molecule has 4 nitrogen and oxygen atoms in total. The highest BCUT2D eigenvalue weighted by Gasteiger charge is 2.45. The average Bonchev–Trinajstić information content (AvgIpc) is 2.84. The summed E-state index contributed by atoms with van der Waals surface area (Å²) >= 11 is 3.30. The van der Waals surface area contributed by atoms with Gasteiger partial charge in [0.05, 0.1) is 10.1 Å². The molecule has 2 atom stereocenters. The van der Waals surface area contributed by atoms with Crippen molar-refractivity contribution in [2.75, 3.05) is 11.5 Å². The van der Waals surface area contributed by atoms with Gasteiger partial charge < -0.3 is 5.11 Å². The molecule has 0 fully saturated rings. The molecule has 0 saturated heterocycles. The van der Waals surface area contributed by atoms with Crippen molar-refractivity contribution >= 4 is 39.6 Å². The number of rotatable bonds is 3. The van der Waals surface area contributed by atoms with Gasteiger partial charge in [0.25, 0.3) is 0 Å². The van der Waals surface area contributed by atoms with E-state index in [0.29, 0.717) is 11.7 Å². The summed E-state index contributed by atoms with van der Waals surface area (Å²) in [6.45, 7) is 7.98. The standard InChI is InChI=1S/C12H18N2O2S2/c1-7(2)8-13-11(3,5-17-8)9-14-12(4,6-18-9)10(15)16/h7H,5-6H2,1-4H3,(H,15,16)/t11-,12+/m1/s1. The van der Waals surface area contributed by atoms with E-state index in [9.17, 15) is 9.90 Å². The van der Waals surface area contributed by atoms with Crippen LogP contribution in [0.15, 0.2) is 9.98 Å². The van der Waals surface area contributed by atoms with Crippen LogP contribution in [0.2, 0.25) is 0 Å². The maximum Gasteiger partial charge on any atom is 0.332 e. The van der Waals surface area contributed by atoms with Crippen LogP contribution in [-0.4, -0.2) is 43.7 Å². The first-order valence-electron chi connectivity index (χ1n) is 5.96. The molecular weight excluding hydrogens is 268 g/mol. The summed E-state index contributed by atoms with van der Waals surface area (Å²) in [5, 5.41) is 11.2. The van der Waals surface area contributed by atoms with Crippen molar-refractivity contribution in [3.8, 4) is 0 Å². The first kappa shape index (κ1) is 13.9. The van der Waals surface area contributed by atoms with Crippen molar-refractivity contribution in [1.29, 1.82) is 0 Å². The molecule has 2 aliphatic rings. The van der Waals surface area contributed by atoms with Crippen LogP contribution in [0.1, 0.15) is 27.7 Å². The van der Waals surface area contributed by atoms with Crippen LogP contribution >= 0.6 is 23.5 Å². The van der Waals surface area contributed by atoms with E-state index in [2.05, 4.69) is 25.8 Å². The Hall–Kier alpha value is -0.490. The van der Waals surface area contributed by atoms with Gasteiger partial charge in [-0.05, 0) is 13.8 Å². The Morgan fingerprint density at radius 1 is 1.28 bits per heavy atom. The Labute approximate surface area is 116 Å². The van der Waals surface area contributed by atoms with Gasteiger partial charge in [-0.3, -0.25) is 9.98 Å². The summed E-state index contributed by atoms with van der Waals surface area (Å²) in [4.78, 5) is 20.4. The molecule has 0 aromatic rings. The first-order chi connectivity index (χ1) is 8.27. The third-order valence-electron chi connectivity index (χ3n) is 3.11. The van der Waals surface area contributed by atoms with Crippen LogP contribution in [0.4, 0.5) is 0 Å². The summed E-state index contributed by atoms with van der Waals surface area (Å²) in [6, 6.07) is 0. The highest BCUT2D eigenvalue weighted by molar-refractivity contribution is 8.16. The molecule has 0 radical (unpaired) electrons. The number of carboxylic acid groups (broad SMARTS) is 1. The number of nitrogens with zero attached hydrogens (tertiary/aromatic N) is 2. The van der Waals surface area contributed by atoms with Gasteiger partial charge >= 0.3 is 5.97 Å². The van der Waals surface area contributed by atoms with Gasteiger partial charge in [0, 0.05) is 17.4 Å². The molecule has 0 saturated carbocycles. The molecule has 0 aromatic heterocycles. The van der Waals surface area contributed by atoms with E-state index in [1.165, 1.54) is 11.8 Å². The first-order valence-corrected chi connectivity index (χ1v) is 7.93. The molecule has 6 heteroatoms. The maximum atomic E-state index is 11.2. The van der Waals surface area contributed by atoms with Crippen molar-refractivity contribution < 1.29 is 9.90 Å². The van der Waals surface area contributed by atoms with E-state index in [-0.39, 0.29) is 5.54 Å². The van der Waals surface area contributed by atoms with Crippen molar-refractivity contribution in [2.45, 2.75) is 38.8 Å². The smallest absolute Gasteiger partial charge is 0.332 e. The minimum absolute atomic E-state index is 0.331. The lowest BCUT2D eigenvalue weighted by Crippen LogP contribution is -2.34. The van der Waals surface area contributed by atoms with E-state index >= 15 is 0 Å². The highest BCUT2D eigenvalue weighted by atomic mass is 32.2. The van der Waals surface area contributed by atoms with Gasteiger partial charge in [0.15, 0.2) is 5.54 Å². The lowest BCUT2D eigenvalue weighted by molar-refractivity contribution is -0.141. The normalized spacial score (nSPS) is 35.8. The molecular formula is C12H18N2O2S2. The van der Waals surface area contributed by atoms with Crippen molar-refractivity contribution in [3.05, 3.63) is 0 Å². The summed E-state index contributed by atoms with van der Waals surface area (Å²) in [5.41, 5.74) is -1.31. The second-order valence-electron chi connectivity index (χ2n) is 5.45. The summed E-state index contributed by atoms with van der Waals surface area (Å²) in [7, 11) is 0. The van der Waals surface area contributed by atoms with E-state index in [1.54, 1.807) is 18.7 Å². The average molecular weight is 286 g/mol. The van der Waals surface area contributed by atoms with Gasteiger partial charge in [0.1, 0.15) is 5.54 Å². The Morgan fingerprint density at radius 2 is 1.94 bits per heavy atom. The molecule has 2 heterocycles. The van der Waals surface area contributed by atoms with Crippen LogP contribution < -0.4 is 0 Å². The van der Waals surface area contributed by atoms with E-state index < -0.39 is 11.5 Å². The molecule has 2 aliphatic heterocycles. The van der Waals surface area contributed by atoms with Gasteiger partial charge in [-0.25, -0.2) is 4.79 Å². The fourth-order valence-electron chi connectivity index (χ4n) is 1.81. The number of carbonyl (C=O) groups is 1. The lowest BCUT2D eigenvalue weighted by Gasteiger charge is -2.19. The zero-order valence-corrected chi connectivity index (χ0v) is 12.7. The molecule has 0 unspecified atom stereocenters. The van der Waals surface area contributed by atoms with Gasteiger partial charge in [-0.1, -0.05) is 13.8 Å². The van der Waals surface area contributed by atoms with Crippen molar-refractivity contribution in [2.24, 2.45) is 15.9 Å². The largest absolute Gasteiger partial charge is 0.479 e. The van der Waals surface area contributed by atoms with E-state index in [4.69, 9.17) is 4.99 Å². The van der Waals surface area contributed by atoms with Crippen molar-refractivity contribution in [1.82, 2.24) is 0 Å². The van der Waals surface area contributed by atoms with Crippen LogP contribution in [-0.2, 0) is 4.79 Å². The number of aliphatic imine (C=N–C) groups is 2. The van der Waals surface area contributed by atoms with Crippen LogP contribution in [0.3, 0.4) is 0 Å². The number of thioether (sulfide) groups is 2. The minimum atomic E-state index is -0.982. The topological polar surface area (TPSA) is 62.0 Å². The van der Waals surface area contributed by atoms with Crippen LogP contribution in [0.25, 0.3) is 0 Å². The second-order valence-corrected chi connectivity index (χ2v) is 7.41. The summed E-state index contributed by atoms with van der Waals surface area (Å²) in [6.07, 6.45) is 0. The third kappa shape index (κ3) is 2.32. The third-order valence-corrected chi connectivity index (χ3v) is 6.19. The molecule has 0 spiro atoms. The molecule has 1 N–H and O–H groups in total. The predicted molar refractivity (Wildman–Crippen MR) is 79.1 cm³/mol. The number of aliphatic carboxylic acids is 1. The molecule has 2 rings (SSSR count). The number of carboxylic acids is 1. The minimum Gasteiger partial charge on any atom is -0.479 e. The predicted octanol–water partition coefficient (Wildman–Crippen LogP) is 2.54. The Kier molecular flexibility index (Phi) is 3.53.